The Balaban J connectivity index is 1.81. The Bertz CT molecular complexity index is 361. The molecule has 1 aliphatic heterocycles. The van der Waals surface area contributed by atoms with Crippen LogP contribution < -0.4 is 11.5 Å². The molecule has 1 fully saturated rings. The fourth-order valence-electron chi connectivity index (χ4n) is 1.76. The first kappa shape index (κ1) is 9.97. The first-order valence-corrected chi connectivity index (χ1v) is 4.98. The third kappa shape index (κ3) is 2.10. The number of amides is 1. The van der Waals surface area contributed by atoms with Crippen LogP contribution in [0.25, 0.3) is 0 Å². The van der Waals surface area contributed by atoms with Crippen LogP contribution in [0.5, 0.6) is 0 Å². The number of aromatic nitrogens is 2. The zero-order chi connectivity index (χ0) is 10.8. The molecule has 1 aromatic heterocycles. The molecule has 2 rings (SSSR count). The van der Waals surface area contributed by atoms with Crippen LogP contribution in [0.4, 0.5) is 5.69 Å². The molecule has 0 aromatic carbocycles. The van der Waals surface area contributed by atoms with Crippen LogP contribution in [0.1, 0.15) is 6.42 Å². The number of carbonyl (C=O) groups excluding carboxylic acids is 1. The van der Waals surface area contributed by atoms with E-state index in [1.54, 1.807) is 17.1 Å². The maximum atomic E-state index is 10.9. The summed E-state index contributed by atoms with van der Waals surface area (Å²) in [5.74, 6) is -0.235. The predicted molar refractivity (Wildman–Crippen MR) is 55.8 cm³/mol. The summed E-state index contributed by atoms with van der Waals surface area (Å²) in [6.45, 7) is 2.46. The van der Waals surface area contributed by atoms with Gasteiger partial charge in [0, 0.05) is 19.3 Å². The number of anilines is 1. The minimum Gasteiger partial charge on any atom is -0.396 e. The van der Waals surface area contributed by atoms with Gasteiger partial charge >= 0.3 is 0 Å². The highest BCUT2D eigenvalue weighted by molar-refractivity contribution is 5.80. The van der Waals surface area contributed by atoms with E-state index < -0.39 is 0 Å². The van der Waals surface area contributed by atoms with Crippen molar-refractivity contribution in [3.8, 4) is 0 Å². The van der Waals surface area contributed by atoms with E-state index in [-0.39, 0.29) is 11.9 Å². The molecule has 2 heterocycles. The van der Waals surface area contributed by atoms with Crippen LogP contribution >= 0.6 is 0 Å². The Morgan fingerprint density at radius 2 is 2.40 bits per heavy atom. The van der Waals surface area contributed by atoms with E-state index in [1.165, 1.54) is 0 Å². The number of nitrogens with two attached hydrogens (primary N) is 2. The van der Waals surface area contributed by atoms with E-state index in [0.29, 0.717) is 5.69 Å². The number of hydrogen-bond acceptors (Lipinski definition) is 4. The van der Waals surface area contributed by atoms with Crippen LogP contribution in [0.15, 0.2) is 12.4 Å². The maximum absolute atomic E-state index is 10.9. The lowest BCUT2D eigenvalue weighted by Crippen LogP contribution is -2.55. The van der Waals surface area contributed by atoms with Crippen LogP contribution in [-0.2, 0) is 11.3 Å². The Morgan fingerprint density at radius 1 is 1.60 bits per heavy atom. The molecule has 1 aliphatic rings. The molecule has 1 unspecified atom stereocenters. The lowest BCUT2D eigenvalue weighted by molar-refractivity contribution is -0.127. The zero-order valence-corrected chi connectivity index (χ0v) is 8.47. The van der Waals surface area contributed by atoms with Gasteiger partial charge in [-0.1, -0.05) is 0 Å². The van der Waals surface area contributed by atoms with Gasteiger partial charge in [0.25, 0.3) is 0 Å². The molecule has 1 saturated heterocycles. The molecule has 4 N–H and O–H groups in total. The summed E-state index contributed by atoms with van der Waals surface area (Å²) < 4.78 is 1.77. The van der Waals surface area contributed by atoms with Gasteiger partial charge in [-0.15, -0.1) is 0 Å². The fraction of sp³-hybridized carbons (Fsp3) is 0.556. The zero-order valence-electron chi connectivity index (χ0n) is 8.47. The predicted octanol–water partition coefficient (Wildman–Crippen LogP) is -0.975. The second-order valence-corrected chi connectivity index (χ2v) is 3.78. The molecule has 0 bridgehead atoms. The van der Waals surface area contributed by atoms with Crippen molar-refractivity contribution in [3.05, 3.63) is 12.4 Å². The molecule has 0 radical (unpaired) electrons. The first-order chi connectivity index (χ1) is 7.16. The number of carbonyl (C=O) groups is 1. The van der Waals surface area contributed by atoms with Crippen molar-refractivity contribution in [1.29, 1.82) is 0 Å². The van der Waals surface area contributed by atoms with Crippen molar-refractivity contribution in [3.63, 3.8) is 0 Å². The minimum atomic E-state index is -0.235. The van der Waals surface area contributed by atoms with Crippen LogP contribution in [0.2, 0.25) is 0 Å². The van der Waals surface area contributed by atoms with E-state index in [1.807, 2.05) is 0 Å². The Morgan fingerprint density at radius 3 is 2.87 bits per heavy atom. The van der Waals surface area contributed by atoms with Crippen LogP contribution in [0, 0.1) is 0 Å². The van der Waals surface area contributed by atoms with Crippen molar-refractivity contribution >= 4 is 11.6 Å². The first-order valence-electron chi connectivity index (χ1n) is 4.98. The lowest BCUT2D eigenvalue weighted by Gasteiger charge is -2.38. The van der Waals surface area contributed by atoms with Gasteiger partial charge in [-0.2, -0.15) is 5.10 Å². The van der Waals surface area contributed by atoms with E-state index >= 15 is 0 Å². The summed E-state index contributed by atoms with van der Waals surface area (Å²) in [5, 5.41) is 4.06. The van der Waals surface area contributed by atoms with Gasteiger partial charge in [0.1, 0.15) is 0 Å². The highest BCUT2D eigenvalue weighted by atomic mass is 16.1. The SMILES string of the molecule is NC(=O)C1CCN1CCn1cc(N)cn1. The third-order valence-electron chi connectivity index (χ3n) is 2.73. The maximum Gasteiger partial charge on any atom is 0.234 e. The van der Waals surface area contributed by atoms with Crippen molar-refractivity contribution in [2.75, 3.05) is 18.8 Å². The molecule has 0 spiro atoms. The van der Waals surface area contributed by atoms with Crippen molar-refractivity contribution in [2.45, 2.75) is 19.0 Å². The van der Waals surface area contributed by atoms with E-state index in [2.05, 4.69) is 10.00 Å². The smallest absolute Gasteiger partial charge is 0.234 e. The molecule has 0 saturated carbocycles. The molecule has 6 heteroatoms. The summed E-state index contributed by atoms with van der Waals surface area (Å²) in [4.78, 5) is 13.0. The van der Waals surface area contributed by atoms with Gasteiger partial charge in [0.05, 0.1) is 24.5 Å². The topological polar surface area (TPSA) is 90.2 Å². The van der Waals surface area contributed by atoms with Crippen molar-refractivity contribution in [1.82, 2.24) is 14.7 Å². The molecule has 6 nitrogen and oxygen atoms in total. The summed E-state index contributed by atoms with van der Waals surface area (Å²) in [6, 6.07) is -0.0853. The summed E-state index contributed by atoms with van der Waals surface area (Å²) in [7, 11) is 0. The quantitative estimate of drug-likeness (QED) is 0.667. The number of hydrogen-bond donors (Lipinski definition) is 2. The normalized spacial score (nSPS) is 21.2. The van der Waals surface area contributed by atoms with Crippen molar-refractivity contribution < 1.29 is 4.79 Å². The molecular weight excluding hydrogens is 194 g/mol. The monoisotopic (exact) mass is 209 g/mol. The molecule has 15 heavy (non-hydrogen) atoms. The Kier molecular flexibility index (Phi) is 2.59. The average Bonchev–Trinajstić information content (AvgIpc) is 2.48. The Hall–Kier alpha value is -1.56. The lowest BCUT2D eigenvalue weighted by atomic mass is 10.0. The van der Waals surface area contributed by atoms with E-state index in [4.69, 9.17) is 11.5 Å². The van der Waals surface area contributed by atoms with Gasteiger partial charge in [-0.05, 0) is 6.42 Å². The largest absolute Gasteiger partial charge is 0.396 e. The van der Waals surface area contributed by atoms with Gasteiger partial charge in [-0.3, -0.25) is 14.4 Å². The molecule has 1 atom stereocenters. The van der Waals surface area contributed by atoms with E-state index in [9.17, 15) is 4.79 Å². The second-order valence-electron chi connectivity index (χ2n) is 3.78. The second kappa shape index (κ2) is 3.90. The van der Waals surface area contributed by atoms with Crippen LogP contribution in [-0.4, -0.2) is 39.7 Å². The highest BCUT2D eigenvalue weighted by Gasteiger charge is 2.31. The highest BCUT2D eigenvalue weighted by Crippen LogP contribution is 2.16. The number of rotatable bonds is 4. The third-order valence-corrected chi connectivity index (χ3v) is 2.73. The molecule has 1 aromatic rings. The Labute approximate surface area is 87.8 Å². The molecule has 1 amide bonds. The van der Waals surface area contributed by atoms with Gasteiger partial charge < -0.3 is 11.5 Å². The number of nitrogen functional groups attached to an aromatic ring is 1. The number of likely N-dealkylation sites (tertiary alicyclic amines) is 1. The minimum absolute atomic E-state index is 0.0853. The standard InChI is InChI=1S/C9H15N5O/c10-7-5-12-14(6-7)4-3-13-2-1-8(13)9(11)15/h5-6,8H,1-4,10H2,(H2,11,15). The molecular formula is C9H15N5O. The van der Waals surface area contributed by atoms with Gasteiger partial charge in [-0.25, -0.2) is 0 Å². The average molecular weight is 209 g/mol. The fourth-order valence-corrected chi connectivity index (χ4v) is 1.76. The molecule has 82 valence electrons. The number of primary amides is 1. The molecule has 0 aliphatic carbocycles. The van der Waals surface area contributed by atoms with E-state index in [0.717, 1.165) is 26.1 Å². The summed E-state index contributed by atoms with van der Waals surface area (Å²) in [6.07, 6.45) is 4.26. The number of nitrogens with zero attached hydrogens (tertiary/aromatic N) is 3. The summed E-state index contributed by atoms with van der Waals surface area (Å²) in [5.41, 5.74) is 11.4. The summed E-state index contributed by atoms with van der Waals surface area (Å²) >= 11 is 0. The van der Waals surface area contributed by atoms with Crippen LogP contribution in [0.3, 0.4) is 0 Å². The van der Waals surface area contributed by atoms with Gasteiger partial charge in [0.2, 0.25) is 5.91 Å². The van der Waals surface area contributed by atoms with Gasteiger partial charge in [0.15, 0.2) is 0 Å². The van der Waals surface area contributed by atoms with Crippen molar-refractivity contribution in [2.24, 2.45) is 5.73 Å².